The quantitative estimate of drug-likeness (QED) is 0.152. The van der Waals surface area contributed by atoms with Crippen molar-refractivity contribution in [3.8, 4) is 0 Å². The van der Waals surface area contributed by atoms with Crippen molar-refractivity contribution in [1.82, 2.24) is 0 Å². The van der Waals surface area contributed by atoms with Crippen LogP contribution in [0.15, 0.2) is 0 Å². The molecule has 0 aliphatic heterocycles. The third kappa shape index (κ3) is 64.9. The molecule has 0 spiro atoms. The van der Waals surface area contributed by atoms with E-state index in [0.29, 0.717) is 0 Å². The van der Waals surface area contributed by atoms with Gasteiger partial charge in [0.15, 0.2) is 0 Å². The maximum atomic E-state index is 3.36. The zero-order valence-corrected chi connectivity index (χ0v) is 25.6. The summed E-state index contributed by atoms with van der Waals surface area (Å²) in [7, 11) is 0. The van der Waals surface area contributed by atoms with Crippen molar-refractivity contribution in [2.24, 2.45) is 0 Å². The zero-order chi connectivity index (χ0) is 17.9. The molecule has 0 aromatic carbocycles. The molecule has 0 aromatic rings. The molecule has 0 aliphatic rings. The van der Waals surface area contributed by atoms with Crippen LogP contribution in [0.3, 0.4) is 0 Å². The molecule has 0 bridgehead atoms. The van der Waals surface area contributed by atoms with E-state index in [1.54, 1.807) is 0 Å². The van der Waals surface area contributed by atoms with Crippen LogP contribution in [0, 0.1) is 0 Å². The predicted octanol–water partition coefficient (Wildman–Crippen LogP) is 9.45. The summed E-state index contributed by atoms with van der Waals surface area (Å²) in [5.74, 6) is 0. The molecule has 0 unspecified atom stereocenters. The Balaban J connectivity index is -0.000000100. The Morgan fingerprint density at radius 2 is 0.455 bits per heavy atom. The van der Waals surface area contributed by atoms with Crippen LogP contribution in [0.4, 0.5) is 0 Å². The van der Waals surface area contributed by atoms with Gasteiger partial charge in [0.2, 0.25) is 0 Å². The molecule has 0 aromatic heterocycles. The van der Waals surface area contributed by atoms with Gasteiger partial charge in [-0.05, 0) is 32.1 Å². The number of halogens is 8. The summed E-state index contributed by atoms with van der Waals surface area (Å²) in [4.78, 5) is 0. The maximum Gasteiger partial charge on any atom is 0.0129 e. The summed E-state index contributed by atoms with van der Waals surface area (Å²) in [6, 6.07) is 0. The number of unbranched alkanes of at least 4 members (excludes halogenated alkanes) is 3. The van der Waals surface area contributed by atoms with Crippen molar-refractivity contribution in [3.05, 3.63) is 0 Å². The lowest BCUT2D eigenvalue weighted by Crippen LogP contribution is -1.76. The number of rotatable bonds is 10. The van der Waals surface area contributed by atoms with Gasteiger partial charge in [-0.1, -0.05) is 134 Å². The Morgan fingerprint density at radius 3 is 0.591 bits per heavy atom. The van der Waals surface area contributed by atoms with E-state index in [1.807, 2.05) is 0 Å². The maximum absolute atomic E-state index is 3.36. The summed E-state index contributed by atoms with van der Waals surface area (Å²) < 4.78 is 0. The van der Waals surface area contributed by atoms with Gasteiger partial charge in [0, 0.05) is 42.6 Å². The standard InChI is InChI=1S/C5H10Br2.C4H8Br2.C3H6Br2.C2H4Br2/c6-4-2-1-3-5-7;5-3-1-2-4-6;4-2-1-3-5;3-1-2-4/h1-5H2;1-4H2;1-3H2;1-2H2. The highest BCUT2D eigenvalue weighted by Gasteiger charge is 1.82. The molecule has 0 radical (unpaired) electrons. The fourth-order valence-electron chi connectivity index (χ4n) is 0.605. The van der Waals surface area contributed by atoms with E-state index in [-0.39, 0.29) is 0 Å². The average molecular weight is 836 g/mol. The van der Waals surface area contributed by atoms with Crippen LogP contribution in [0.5, 0.6) is 0 Å². The van der Waals surface area contributed by atoms with E-state index in [4.69, 9.17) is 0 Å². The fourth-order valence-corrected chi connectivity index (χ4v) is 3.50. The summed E-state index contributed by atoms with van der Waals surface area (Å²) >= 11 is 26.3. The van der Waals surface area contributed by atoms with Crippen molar-refractivity contribution in [1.29, 1.82) is 0 Å². The van der Waals surface area contributed by atoms with Crippen LogP contribution in [-0.2, 0) is 0 Å². The number of hydrogen-bond donors (Lipinski definition) is 0. The molecule has 0 fully saturated rings. The molecule has 0 aliphatic carbocycles. The van der Waals surface area contributed by atoms with E-state index >= 15 is 0 Å². The Hall–Kier alpha value is 3.84. The lowest BCUT2D eigenvalue weighted by molar-refractivity contribution is 0.792. The second kappa shape index (κ2) is 44.4. The Morgan fingerprint density at radius 1 is 0.227 bits per heavy atom. The van der Waals surface area contributed by atoms with Gasteiger partial charge in [0.05, 0.1) is 0 Å². The SMILES string of the molecule is BrCCBr.BrCCCBr.BrCCCCBr.BrCCCCCBr. The zero-order valence-electron chi connectivity index (χ0n) is 12.9. The van der Waals surface area contributed by atoms with Crippen LogP contribution in [-0.4, -0.2) is 42.6 Å². The lowest BCUT2D eigenvalue weighted by atomic mass is 10.3. The largest absolute Gasteiger partial charge is 0.0928 e. The van der Waals surface area contributed by atoms with Crippen molar-refractivity contribution in [2.75, 3.05) is 42.6 Å². The van der Waals surface area contributed by atoms with Gasteiger partial charge in [-0.2, -0.15) is 0 Å². The first-order valence-electron chi connectivity index (χ1n) is 7.14. The molecule has 0 atom stereocenters. The summed E-state index contributed by atoms with van der Waals surface area (Å²) in [6.45, 7) is 0. The molecule has 0 heterocycles. The van der Waals surface area contributed by atoms with Crippen LogP contribution in [0.1, 0.15) is 38.5 Å². The summed E-state index contributed by atoms with van der Waals surface area (Å²) in [5.41, 5.74) is 0. The fraction of sp³-hybridized carbons (Fsp3) is 1.00. The summed E-state index contributed by atoms with van der Waals surface area (Å²) in [5, 5.41) is 8.90. The first-order chi connectivity index (χ1) is 10.7. The van der Waals surface area contributed by atoms with E-state index in [9.17, 15) is 0 Å². The molecule has 0 saturated heterocycles. The van der Waals surface area contributed by atoms with Crippen molar-refractivity contribution < 1.29 is 0 Å². The van der Waals surface area contributed by atoms with Gasteiger partial charge < -0.3 is 0 Å². The van der Waals surface area contributed by atoms with Crippen LogP contribution < -0.4 is 0 Å². The van der Waals surface area contributed by atoms with E-state index < -0.39 is 0 Å². The van der Waals surface area contributed by atoms with E-state index in [1.165, 1.54) is 38.5 Å². The topological polar surface area (TPSA) is 0 Å². The van der Waals surface area contributed by atoms with Crippen molar-refractivity contribution in [3.63, 3.8) is 0 Å². The lowest BCUT2D eigenvalue weighted by Gasteiger charge is -1.88. The molecular formula is C14H28Br8. The third-order valence-electron chi connectivity index (χ3n) is 1.62. The molecule has 8 heteroatoms. The van der Waals surface area contributed by atoms with Gasteiger partial charge >= 0.3 is 0 Å². The Kier molecular flexibility index (Phi) is 67.4. The van der Waals surface area contributed by atoms with Crippen LogP contribution in [0.25, 0.3) is 0 Å². The number of hydrogen-bond acceptors (Lipinski definition) is 0. The molecule has 0 rings (SSSR count). The minimum atomic E-state index is 1.05. The second-order valence-electron chi connectivity index (χ2n) is 3.63. The molecule has 0 amide bonds. The first-order valence-corrected chi connectivity index (χ1v) is 16.1. The highest BCUT2D eigenvalue weighted by atomic mass is 79.9. The minimum Gasteiger partial charge on any atom is -0.0928 e. The second-order valence-corrected chi connectivity index (χ2v) is 9.98. The normalized spacial score (nSPS) is 8.73. The number of alkyl halides is 8. The third-order valence-corrected chi connectivity index (χ3v) is 6.84. The highest BCUT2D eigenvalue weighted by Crippen LogP contribution is 1.99. The highest BCUT2D eigenvalue weighted by molar-refractivity contribution is 9.12. The van der Waals surface area contributed by atoms with Gasteiger partial charge in [0.1, 0.15) is 0 Å². The minimum absolute atomic E-state index is 1.05. The molecular weight excluding hydrogens is 807 g/mol. The van der Waals surface area contributed by atoms with Crippen molar-refractivity contribution >= 4 is 127 Å². The van der Waals surface area contributed by atoms with Gasteiger partial charge in [-0.25, -0.2) is 0 Å². The first kappa shape index (κ1) is 33.4. The van der Waals surface area contributed by atoms with Crippen LogP contribution in [0.2, 0.25) is 0 Å². The molecule has 0 nitrogen and oxygen atoms in total. The van der Waals surface area contributed by atoms with E-state index in [0.717, 1.165) is 42.6 Å². The molecule has 0 saturated carbocycles. The predicted molar refractivity (Wildman–Crippen MR) is 138 cm³/mol. The van der Waals surface area contributed by atoms with Gasteiger partial charge in [-0.15, -0.1) is 0 Å². The van der Waals surface area contributed by atoms with E-state index in [2.05, 4.69) is 127 Å². The smallest absolute Gasteiger partial charge is 0.0129 e. The molecule has 0 N–H and O–H groups in total. The Bertz CT molecular complexity index is 115. The monoisotopic (exact) mass is 828 g/mol. The summed E-state index contributed by atoms with van der Waals surface area (Å²) in [6.07, 6.45) is 7.75. The van der Waals surface area contributed by atoms with Crippen LogP contribution >= 0.6 is 127 Å². The van der Waals surface area contributed by atoms with Crippen molar-refractivity contribution in [2.45, 2.75) is 38.5 Å². The average Bonchev–Trinajstić information content (AvgIpc) is 2.55. The Labute approximate surface area is 205 Å². The molecule has 22 heavy (non-hydrogen) atoms. The van der Waals surface area contributed by atoms with Gasteiger partial charge in [-0.3, -0.25) is 0 Å². The molecule has 140 valence electrons. The van der Waals surface area contributed by atoms with Gasteiger partial charge in [0.25, 0.3) is 0 Å².